The zero-order chi connectivity index (χ0) is 19.4. The zero-order valence-electron chi connectivity index (χ0n) is 14.7. The van der Waals surface area contributed by atoms with E-state index in [9.17, 15) is 17.6 Å². The summed E-state index contributed by atoms with van der Waals surface area (Å²) in [5, 5.41) is 3.24. The van der Waals surface area contributed by atoms with Gasteiger partial charge in [0.1, 0.15) is 5.75 Å². The van der Waals surface area contributed by atoms with Crippen LogP contribution in [0.3, 0.4) is 0 Å². The van der Waals surface area contributed by atoms with Gasteiger partial charge in [-0.2, -0.15) is 0 Å². The van der Waals surface area contributed by atoms with Crippen LogP contribution < -0.4 is 14.8 Å². The standard InChI is InChI=1S/C19H20F4N2O2/c1-26-16-4-2-3-15(17(16)20)18(25-11-9-24-10-12-25)13-5-7-14(8-6-13)27-19(21,22)23/h2-8,18,24H,9-12H2,1H3/t18-/m1/s1. The number of alkyl halides is 3. The first-order valence-electron chi connectivity index (χ1n) is 8.52. The maximum Gasteiger partial charge on any atom is 0.573 e. The van der Waals surface area contributed by atoms with Crippen molar-refractivity contribution in [1.82, 2.24) is 10.2 Å². The van der Waals surface area contributed by atoms with Crippen LogP contribution in [-0.4, -0.2) is 44.6 Å². The van der Waals surface area contributed by atoms with Crippen molar-refractivity contribution in [3.8, 4) is 11.5 Å². The number of hydrogen-bond acceptors (Lipinski definition) is 4. The topological polar surface area (TPSA) is 33.7 Å². The third-order valence-corrected chi connectivity index (χ3v) is 4.45. The van der Waals surface area contributed by atoms with Crippen LogP contribution in [0.15, 0.2) is 42.5 Å². The Morgan fingerprint density at radius 1 is 1.04 bits per heavy atom. The van der Waals surface area contributed by atoms with E-state index in [1.54, 1.807) is 12.1 Å². The Morgan fingerprint density at radius 2 is 1.70 bits per heavy atom. The van der Waals surface area contributed by atoms with Gasteiger partial charge in [-0.15, -0.1) is 13.2 Å². The maximum atomic E-state index is 14.9. The molecule has 0 radical (unpaired) electrons. The van der Waals surface area contributed by atoms with Crippen molar-refractivity contribution in [3.05, 3.63) is 59.4 Å². The normalized spacial score (nSPS) is 16.8. The highest BCUT2D eigenvalue weighted by atomic mass is 19.4. The van der Waals surface area contributed by atoms with Crippen LogP contribution in [-0.2, 0) is 0 Å². The molecule has 8 heteroatoms. The van der Waals surface area contributed by atoms with Gasteiger partial charge < -0.3 is 14.8 Å². The van der Waals surface area contributed by atoms with E-state index >= 15 is 0 Å². The second-order valence-electron chi connectivity index (χ2n) is 6.17. The van der Waals surface area contributed by atoms with Crippen LogP contribution in [0.4, 0.5) is 17.6 Å². The second-order valence-corrected chi connectivity index (χ2v) is 6.17. The van der Waals surface area contributed by atoms with Gasteiger partial charge in [0.25, 0.3) is 0 Å². The number of piperazine rings is 1. The molecule has 1 atom stereocenters. The molecule has 0 unspecified atom stereocenters. The monoisotopic (exact) mass is 384 g/mol. The molecule has 2 aromatic rings. The lowest BCUT2D eigenvalue weighted by molar-refractivity contribution is -0.274. The maximum absolute atomic E-state index is 14.9. The van der Waals surface area contributed by atoms with Gasteiger partial charge in [-0.3, -0.25) is 4.90 Å². The minimum absolute atomic E-state index is 0.129. The van der Waals surface area contributed by atoms with Gasteiger partial charge >= 0.3 is 6.36 Å². The molecule has 1 N–H and O–H groups in total. The van der Waals surface area contributed by atoms with Gasteiger partial charge in [-0.05, 0) is 23.8 Å². The molecule has 3 rings (SSSR count). The van der Waals surface area contributed by atoms with Crippen molar-refractivity contribution in [3.63, 3.8) is 0 Å². The Kier molecular flexibility index (Phi) is 5.86. The van der Waals surface area contributed by atoms with E-state index in [2.05, 4.69) is 15.0 Å². The molecule has 1 fully saturated rings. The summed E-state index contributed by atoms with van der Waals surface area (Å²) in [7, 11) is 1.39. The molecule has 1 aliphatic rings. The zero-order valence-corrected chi connectivity index (χ0v) is 14.7. The molecule has 0 bridgehead atoms. The Bertz CT molecular complexity index is 759. The van der Waals surface area contributed by atoms with Crippen molar-refractivity contribution < 1.29 is 27.0 Å². The lowest BCUT2D eigenvalue weighted by atomic mass is 9.95. The molecule has 1 aliphatic heterocycles. The molecule has 0 aliphatic carbocycles. The molecule has 0 saturated carbocycles. The summed E-state index contributed by atoms with van der Waals surface area (Å²) in [5.74, 6) is -0.653. The average Bonchev–Trinajstić information content (AvgIpc) is 2.64. The quantitative estimate of drug-likeness (QED) is 0.797. The van der Waals surface area contributed by atoms with E-state index in [-0.39, 0.29) is 11.5 Å². The third kappa shape index (κ3) is 4.70. The Hall–Kier alpha value is -2.32. The fraction of sp³-hybridized carbons (Fsp3) is 0.368. The van der Waals surface area contributed by atoms with Gasteiger partial charge in [-0.25, -0.2) is 4.39 Å². The highest BCUT2D eigenvalue weighted by Gasteiger charge is 2.32. The fourth-order valence-electron chi connectivity index (χ4n) is 3.28. The van der Waals surface area contributed by atoms with Crippen molar-refractivity contribution in [2.45, 2.75) is 12.4 Å². The van der Waals surface area contributed by atoms with Crippen molar-refractivity contribution >= 4 is 0 Å². The Morgan fingerprint density at radius 3 is 2.30 bits per heavy atom. The fourth-order valence-corrected chi connectivity index (χ4v) is 3.28. The van der Waals surface area contributed by atoms with Crippen LogP contribution in [0.2, 0.25) is 0 Å². The summed E-state index contributed by atoms with van der Waals surface area (Å²) in [6.07, 6.45) is -4.75. The molecule has 2 aromatic carbocycles. The van der Waals surface area contributed by atoms with Gasteiger partial charge in [0.15, 0.2) is 11.6 Å². The van der Waals surface area contributed by atoms with Crippen LogP contribution in [0, 0.1) is 5.82 Å². The van der Waals surface area contributed by atoms with Crippen molar-refractivity contribution in [2.75, 3.05) is 33.3 Å². The molecule has 1 saturated heterocycles. The molecular formula is C19H20F4N2O2. The Balaban J connectivity index is 1.98. The lowest BCUT2D eigenvalue weighted by Crippen LogP contribution is -2.45. The number of nitrogens with one attached hydrogen (secondary N) is 1. The number of methoxy groups -OCH3 is 1. The summed E-state index contributed by atoms with van der Waals surface area (Å²) >= 11 is 0. The van der Waals surface area contributed by atoms with E-state index in [1.807, 2.05) is 0 Å². The molecule has 0 amide bonds. The number of nitrogens with zero attached hydrogens (tertiary/aromatic N) is 1. The van der Waals surface area contributed by atoms with E-state index in [0.717, 1.165) is 13.1 Å². The largest absolute Gasteiger partial charge is 0.573 e. The van der Waals surface area contributed by atoms with Gasteiger partial charge in [0.2, 0.25) is 0 Å². The molecular weight excluding hydrogens is 364 g/mol. The number of halogens is 4. The molecule has 0 aromatic heterocycles. The van der Waals surface area contributed by atoms with E-state index in [1.165, 1.54) is 37.4 Å². The first kappa shape index (κ1) is 19.4. The van der Waals surface area contributed by atoms with Crippen molar-refractivity contribution in [2.24, 2.45) is 0 Å². The predicted molar refractivity (Wildman–Crippen MR) is 92.4 cm³/mol. The summed E-state index contributed by atoms with van der Waals surface area (Å²) in [4.78, 5) is 2.09. The molecule has 1 heterocycles. The van der Waals surface area contributed by atoms with Crippen LogP contribution >= 0.6 is 0 Å². The highest BCUT2D eigenvalue weighted by molar-refractivity contribution is 5.40. The minimum Gasteiger partial charge on any atom is -0.494 e. The first-order chi connectivity index (χ1) is 12.9. The van der Waals surface area contributed by atoms with Crippen LogP contribution in [0.5, 0.6) is 11.5 Å². The van der Waals surface area contributed by atoms with Crippen molar-refractivity contribution in [1.29, 1.82) is 0 Å². The van der Waals surface area contributed by atoms with Gasteiger partial charge in [0.05, 0.1) is 13.2 Å². The van der Waals surface area contributed by atoms with E-state index in [4.69, 9.17) is 4.74 Å². The summed E-state index contributed by atoms with van der Waals surface area (Å²) < 4.78 is 61.1. The molecule has 4 nitrogen and oxygen atoms in total. The minimum atomic E-state index is -4.75. The number of benzene rings is 2. The Labute approximate surface area is 154 Å². The number of rotatable bonds is 5. The summed E-state index contributed by atoms with van der Waals surface area (Å²) in [6, 6.07) is 10.0. The molecule has 0 spiro atoms. The van der Waals surface area contributed by atoms with Gasteiger partial charge in [-0.1, -0.05) is 24.3 Å². The van der Waals surface area contributed by atoms with E-state index < -0.39 is 18.2 Å². The first-order valence-corrected chi connectivity index (χ1v) is 8.52. The molecule has 146 valence electrons. The van der Waals surface area contributed by atoms with Crippen LogP contribution in [0.25, 0.3) is 0 Å². The average molecular weight is 384 g/mol. The highest BCUT2D eigenvalue weighted by Crippen LogP contribution is 2.35. The van der Waals surface area contributed by atoms with E-state index in [0.29, 0.717) is 24.2 Å². The third-order valence-electron chi connectivity index (χ3n) is 4.45. The second kappa shape index (κ2) is 8.14. The summed E-state index contributed by atoms with van der Waals surface area (Å²) in [5.41, 5.74) is 1.10. The summed E-state index contributed by atoms with van der Waals surface area (Å²) in [6.45, 7) is 2.86. The SMILES string of the molecule is COc1cccc([C@@H](c2ccc(OC(F)(F)F)cc2)N2CCNCC2)c1F. The predicted octanol–water partition coefficient (Wildman–Crippen LogP) is 3.73. The lowest BCUT2D eigenvalue weighted by Gasteiger charge is -2.36. The number of hydrogen-bond donors (Lipinski definition) is 1. The number of ether oxygens (including phenoxy) is 2. The van der Waals surface area contributed by atoms with Gasteiger partial charge in [0, 0.05) is 31.7 Å². The van der Waals surface area contributed by atoms with Crippen LogP contribution in [0.1, 0.15) is 17.2 Å². The smallest absolute Gasteiger partial charge is 0.494 e. The molecule has 27 heavy (non-hydrogen) atoms.